The monoisotopic (exact) mass is 202 g/mol. The Bertz CT molecular complexity index is 225. The highest BCUT2D eigenvalue weighted by molar-refractivity contribution is 5.70. The first kappa shape index (κ1) is 11.0. The Hall–Kier alpha value is -1.10. The van der Waals surface area contributed by atoms with Gasteiger partial charge in [0.1, 0.15) is 0 Å². The summed E-state index contributed by atoms with van der Waals surface area (Å²) >= 11 is 0. The van der Waals surface area contributed by atoms with Crippen LogP contribution in [0.15, 0.2) is 0 Å². The number of methoxy groups -OCH3 is 1. The van der Waals surface area contributed by atoms with Gasteiger partial charge in [-0.15, -0.1) is 0 Å². The van der Waals surface area contributed by atoms with Crippen LogP contribution in [0.1, 0.15) is 12.8 Å². The van der Waals surface area contributed by atoms with E-state index < -0.39 is 5.97 Å². The van der Waals surface area contributed by atoms with Crippen LogP contribution in [-0.2, 0) is 19.1 Å². The van der Waals surface area contributed by atoms with Crippen molar-refractivity contribution in [2.45, 2.75) is 12.8 Å². The minimum Gasteiger partial charge on any atom is -0.481 e. The summed E-state index contributed by atoms with van der Waals surface area (Å²) in [6.07, 6.45) is 0.302. The van der Waals surface area contributed by atoms with Crippen LogP contribution in [0.25, 0.3) is 0 Å². The van der Waals surface area contributed by atoms with Gasteiger partial charge in [0.15, 0.2) is 0 Å². The molecule has 1 heterocycles. The number of rotatable bonds is 4. The van der Waals surface area contributed by atoms with E-state index in [0.717, 1.165) is 0 Å². The van der Waals surface area contributed by atoms with E-state index in [9.17, 15) is 9.59 Å². The molecule has 5 heteroatoms. The molecule has 1 aliphatic heterocycles. The van der Waals surface area contributed by atoms with Crippen LogP contribution in [0, 0.1) is 11.8 Å². The van der Waals surface area contributed by atoms with Gasteiger partial charge in [-0.2, -0.15) is 0 Å². The largest absolute Gasteiger partial charge is 0.481 e. The van der Waals surface area contributed by atoms with Crippen molar-refractivity contribution in [2.75, 3.05) is 20.3 Å². The molecule has 0 aromatic heterocycles. The summed E-state index contributed by atoms with van der Waals surface area (Å²) in [5.74, 6) is -1.24. The zero-order chi connectivity index (χ0) is 10.6. The summed E-state index contributed by atoms with van der Waals surface area (Å²) in [6.45, 7) is 0.876. The van der Waals surface area contributed by atoms with Crippen LogP contribution in [-0.4, -0.2) is 37.4 Å². The molecule has 0 spiro atoms. The number of ether oxygens (including phenoxy) is 2. The van der Waals surface area contributed by atoms with E-state index >= 15 is 0 Å². The molecule has 0 amide bonds. The number of carboxylic acid groups (broad SMARTS) is 1. The summed E-state index contributed by atoms with van der Waals surface area (Å²) in [6, 6.07) is 0. The number of aliphatic carboxylic acids is 1. The molecule has 0 bridgehead atoms. The van der Waals surface area contributed by atoms with Crippen LogP contribution >= 0.6 is 0 Å². The molecular weight excluding hydrogens is 188 g/mol. The summed E-state index contributed by atoms with van der Waals surface area (Å²) in [7, 11) is 1.32. The summed E-state index contributed by atoms with van der Waals surface area (Å²) in [4.78, 5) is 21.5. The minimum atomic E-state index is -0.852. The lowest BCUT2D eigenvalue weighted by Gasteiger charge is -2.13. The van der Waals surface area contributed by atoms with Gasteiger partial charge in [0.05, 0.1) is 33.2 Å². The molecule has 0 aromatic carbocycles. The van der Waals surface area contributed by atoms with Crippen molar-refractivity contribution in [3.05, 3.63) is 0 Å². The van der Waals surface area contributed by atoms with Gasteiger partial charge in [-0.25, -0.2) is 0 Å². The maximum absolute atomic E-state index is 11.0. The standard InChI is InChI=1S/C9H14O5/c1-13-9(12)3-7-5-14-4-6(7)2-8(10)11/h6-7H,2-5H2,1H3,(H,10,11). The number of hydrogen-bond donors (Lipinski definition) is 1. The predicted octanol–water partition coefficient (Wildman–Crippen LogP) is 0.287. The molecule has 0 aliphatic carbocycles. The summed E-state index contributed by atoms with van der Waals surface area (Å²) in [5.41, 5.74) is 0. The van der Waals surface area contributed by atoms with Crippen LogP contribution < -0.4 is 0 Å². The highest BCUT2D eigenvalue weighted by atomic mass is 16.5. The fraction of sp³-hybridized carbons (Fsp3) is 0.778. The number of esters is 1. The Balaban J connectivity index is 2.42. The van der Waals surface area contributed by atoms with E-state index in [1.165, 1.54) is 7.11 Å². The quantitative estimate of drug-likeness (QED) is 0.663. The second kappa shape index (κ2) is 4.95. The molecule has 1 fully saturated rings. The molecule has 1 saturated heterocycles. The third-order valence-electron chi connectivity index (χ3n) is 2.42. The first-order valence-electron chi connectivity index (χ1n) is 4.50. The molecule has 0 aromatic rings. The molecule has 5 nitrogen and oxygen atoms in total. The summed E-state index contributed by atoms with van der Waals surface area (Å²) in [5, 5.41) is 8.61. The number of carbonyl (C=O) groups excluding carboxylic acids is 1. The molecule has 80 valence electrons. The lowest BCUT2D eigenvalue weighted by atomic mass is 9.90. The Morgan fingerprint density at radius 3 is 2.43 bits per heavy atom. The smallest absolute Gasteiger partial charge is 0.305 e. The van der Waals surface area contributed by atoms with Crippen LogP contribution in [0.4, 0.5) is 0 Å². The van der Waals surface area contributed by atoms with Gasteiger partial charge in [0.25, 0.3) is 0 Å². The van der Waals surface area contributed by atoms with Crippen molar-refractivity contribution < 1.29 is 24.2 Å². The molecular formula is C9H14O5. The molecule has 1 rings (SSSR count). The summed E-state index contributed by atoms with van der Waals surface area (Å²) < 4.78 is 9.67. The Kier molecular flexibility index (Phi) is 3.88. The van der Waals surface area contributed by atoms with Gasteiger partial charge in [-0.05, 0) is 11.8 Å². The minimum absolute atomic E-state index is 0.0152. The van der Waals surface area contributed by atoms with Crippen LogP contribution in [0.2, 0.25) is 0 Å². The van der Waals surface area contributed by atoms with Gasteiger partial charge < -0.3 is 14.6 Å². The molecule has 1 aliphatic rings. The topological polar surface area (TPSA) is 72.8 Å². The lowest BCUT2D eigenvalue weighted by molar-refractivity contribution is -0.143. The Morgan fingerprint density at radius 2 is 1.93 bits per heavy atom. The van der Waals surface area contributed by atoms with Crippen molar-refractivity contribution in [1.82, 2.24) is 0 Å². The van der Waals surface area contributed by atoms with Crippen molar-refractivity contribution in [3.8, 4) is 0 Å². The van der Waals surface area contributed by atoms with Gasteiger partial charge in [-0.3, -0.25) is 9.59 Å². The van der Waals surface area contributed by atoms with Gasteiger partial charge in [0.2, 0.25) is 0 Å². The fourth-order valence-corrected chi connectivity index (χ4v) is 1.62. The van der Waals surface area contributed by atoms with E-state index in [1.54, 1.807) is 0 Å². The fourth-order valence-electron chi connectivity index (χ4n) is 1.62. The molecule has 2 atom stereocenters. The second-order valence-corrected chi connectivity index (χ2v) is 3.44. The van der Waals surface area contributed by atoms with Crippen LogP contribution in [0.3, 0.4) is 0 Å². The SMILES string of the molecule is COC(=O)CC1COCC1CC(=O)O. The van der Waals surface area contributed by atoms with Gasteiger partial charge in [0, 0.05) is 0 Å². The van der Waals surface area contributed by atoms with E-state index in [0.29, 0.717) is 13.2 Å². The molecule has 0 saturated carbocycles. The Morgan fingerprint density at radius 1 is 1.36 bits per heavy atom. The van der Waals surface area contributed by atoms with E-state index in [4.69, 9.17) is 9.84 Å². The van der Waals surface area contributed by atoms with E-state index in [2.05, 4.69) is 4.74 Å². The maximum atomic E-state index is 11.0. The maximum Gasteiger partial charge on any atom is 0.305 e. The van der Waals surface area contributed by atoms with Crippen molar-refractivity contribution in [3.63, 3.8) is 0 Å². The average molecular weight is 202 g/mol. The molecule has 14 heavy (non-hydrogen) atoms. The van der Waals surface area contributed by atoms with Crippen LogP contribution in [0.5, 0.6) is 0 Å². The molecule has 2 unspecified atom stereocenters. The van der Waals surface area contributed by atoms with E-state index in [-0.39, 0.29) is 30.6 Å². The highest BCUT2D eigenvalue weighted by Crippen LogP contribution is 2.26. The van der Waals surface area contributed by atoms with Crippen molar-refractivity contribution in [1.29, 1.82) is 0 Å². The molecule has 1 N–H and O–H groups in total. The zero-order valence-electron chi connectivity index (χ0n) is 8.06. The first-order valence-corrected chi connectivity index (χ1v) is 4.50. The van der Waals surface area contributed by atoms with Crippen molar-refractivity contribution >= 4 is 11.9 Å². The predicted molar refractivity (Wildman–Crippen MR) is 46.7 cm³/mol. The lowest BCUT2D eigenvalue weighted by Crippen LogP contribution is -2.20. The Labute approximate surface area is 82.0 Å². The number of carboxylic acids is 1. The van der Waals surface area contributed by atoms with Gasteiger partial charge >= 0.3 is 11.9 Å². The van der Waals surface area contributed by atoms with Gasteiger partial charge in [-0.1, -0.05) is 0 Å². The van der Waals surface area contributed by atoms with Crippen molar-refractivity contribution in [2.24, 2.45) is 11.8 Å². The zero-order valence-corrected chi connectivity index (χ0v) is 8.06. The average Bonchev–Trinajstić information content (AvgIpc) is 2.52. The normalized spacial score (nSPS) is 26.1. The molecule has 0 radical (unpaired) electrons. The number of carbonyl (C=O) groups is 2. The third-order valence-corrected chi connectivity index (χ3v) is 2.42. The first-order chi connectivity index (χ1) is 6.63. The highest BCUT2D eigenvalue weighted by Gasteiger charge is 2.31. The van der Waals surface area contributed by atoms with E-state index in [1.807, 2.05) is 0 Å². The third kappa shape index (κ3) is 2.99. The number of hydrogen-bond acceptors (Lipinski definition) is 4. The second-order valence-electron chi connectivity index (χ2n) is 3.44.